The van der Waals surface area contributed by atoms with Crippen molar-refractivity contribution in [2.24, 2.45) is 0 Å². The minimum atomic E-state index is -0.300. The van der Waals surface area contributed by atoms with E-state index in [0.717, 1.165) is 0 Å². The zero-order valence-corrected chi connectivity index (χ0v) is 21.8. The average Bonchev–Trinajstić information content (AvgIpc) is 3.24. The molecule has 180 valence electrons. The summed E-state index contributed by atoms with van der Waals surface area (Å²) in [6.45, 7) is 2.07. The van der Waals surface area contributed by atoms with Crippen LogP contribution in [-0.4, -0.2) is 27.3 Å². The third kappa shape index (κ3) is 6.70. The predicted octanol–water partition coefficient (Wildman–Crippen LogP) is 6.52. The monoisotopic (exact) mass is 546 g/mol. The number of halogens is 3. The highest BCUT2D eigenvalue weighted by Crippen LogP contribution is 2.31. The van der Waals surface area contributed by atoms with E-state index in [0.29, 0.717) is 43.2 Å². The fourth-order valence-corrected chi connectivity index (χ4v) is 4.89. The van der Waals surface area contributed by atoms with Gasteiger partial charge in [0.2, 0.25) is 0 Å². The van der Waals surface area contributed by atoms with Crippen LogP contribution in [0.15, 0.2) is 71.9 Å². The van der Waals surface area contributed by atoms with E-state index < -0.39 is 0 Å². The Balaban J connectivity index is 1.50. The number of hydrogen-bond donors (Lipinski definition) is 1. The molecule has 0 radical (unpaired) electrons. The van der Waals surface area contributed by atoms with Crippen molar-refractivity contribution in [3.05, 3.63) is 98.7 Å². The Bertz CT molecular complexity index is 1330. The number of nitrogens with zero attached hydrogens (tertiary/aromatic N) is 3. The molecule has 0 unspecified atom stereocenters. The number of carbonyl (C=O) groups excluding carboxylic acids is 1. The number of ether oxygens (including phenoxy) is 1. The number of aryl methyl sites for hydroxylation is 1. The van der Waals surface area contributed by atoms with Gasteiger partial charge in [0.25, 0.3) is 5.91 Å². The lowest BCUT2D eigenvalue weighted by molar-refractivity contribution is -0.123. The summed E-state index contributed by atoms with van der Waals surface area (Å²) >= 11 is 20.0. The van der Waals surface area contributed by atoms with Gasteiger partial charge in [0, 0.05) is 15.8 Å². The van der Waals surface area contributed by atoms with Crippen LogP contribution in [0.25, 0.3) is 5.69 Å². The Morgan fingerprint density at radius 3 is 2.49 bits per heavy atom. The van der Waals surface area contributed by atoms with E-state index in [1.165, 1.54) is 22.9 Å². The zero-order valence-electron chi connectivity index (χ0n) is 18.7. The number of benzene rings is 3. The van der Waals surface area contributed by atoms with Gasteiger partial charge in [-0.25, -0.2) is 0 Å². The van der Waals surface area contributed by atoms with Crippen LogP contribution in [0, 0.1) is 6.92 Å². The van der Waals surface area contributed by atoms with Gasteiger partial charge in [-0.3, -0.25) is 9.36 Å². The van der Waals surface area contributed by atoms with Gasteiger partial charge in [0.15, 0.2) is 17.6 Å². The number of aromatic nitrogens is 3. The first-order valence-electron chi connectivity index (χ1n) is 10.6. The molecule has 0 aliphatic carbocycles. The quantitative estimate of drug-likeness (QED) is 0.242. The third-order valence-electron chi connectivity index (χ3n) is 5.10. The Hall–Kier alpha value is -2.71. The van der Waals surface area contributed by atoms with Gasteiger partial charge in [0.05, 0.1) is 17.3 Å². The fourth-order valence-electron chi connectivity index (χ4n) is 3.24. The number of rotatable bonds is 9. The van der Waals surface area contributed by atoms with Crippen LogP contribution in [0.3, 0.4) is 0 Å². The lowest BCUT2D eigenvalue weighted by Gasteiger charge is -2.13. The first kappa shape index (κ1) is 25.4. The molecule has 1 heterocycles. The summed E-state index contributed by atoms with van der Waals surface area (Å²) in [6.07, 6.45) is 0. The number of hydrogen-bond acceptors (Lipinski definition) is 5. The molecule has 1 aromatic heterocycles. The Kier molecular flexibility index (Phi) is 8.57. The normalized spacial score (nSPS) is 10.9. The molecule has 0 aliphatic rings. The van der Waals surface area contributed by atoms with Crippen molar-refractivity contribution in [1.29, 1.82) is 0 Å². The minimum Gasteiger partial charge on any atom is -0.484 e. The topological polar surface area (TPSA) is 69.0 Å². The summed E-state index contributed by atoms with van der Waals surface area (Å²) in [6, 6.07) is 20.2. The highest BCUT2D eigenvalue weighted by Gasteiger charge is 2.18. The van der Waals surface area contributed by atoms with Crippen LogP contribution in [0.1, 0.15) is 17.0 Å². The maximum absolute atomic E-state index is 12.4. The molecule has 1 N–H and O–H groups in total. The van der Waals surface area contributed by atoms with Gasteiger partial charge < -0.3 is 10.1 Å². The smallest absolute Gasteiger partial charge is 0.258 e. The van der Waals surface area contributed by atoms with Crippen molar-refractivity contribution >= 4 is 52.5 Å². The SMILES string of the molecule is Cc1ccccc1CSc1nnc(CNC(=O)COc2ccc(Cl)cc2)n1-c1ccc(Cl)cc1Cl. The molecular weight excluding hydrogens is 527 g/mol. The molecule has 0 bridgehead atoms. The lowest BCUT2D eigenvalue weighted by atomic mass is 10.1. The van der Waals surface area contributed by atoms with Crippen LogP contribution in [0.5, 0.6) is 5.75 Å². The summed E-state index contributed by atoms with van der Waals surface area (Å²) in [5.74, 6) is 1.49. The van der Waals surface area contributed by atoms with Gasteiger partial charge in [-0.05, 0) is 60.5 Å². The number of amides is 1. The first-order chi connectivity index (χ1) is 16.9. The summed E-state index contributed by atoms with van der Waals surface area (Å²) in [5, 5.41) is 13.7. The maximum atomic E-state index is 12.4. The van der Waals surface area contributed by atoms with Crippen LogP contribution in [0.4, 0.5) is 0 Å². The van der Waals surface area contributed by atoms with Crippen molar-refractivity contribution < 1.29 is 9.53 Å². The molecule has 6 nitrogen and oxygen atoms in total. The van der Waals surface area contributed by atoms with Crippen LogP contribution >= 0.6 is 46.6 Å². The Morgan fingerprint density at radius 1 is 1.00 bits per heavy atom. The highest BCUT2D eigenvalue weighted by molar-refractivity contribution is 7.98. The van der Waals surface area contributed by atoms with E-state index in [1.54, 1.807) is 42.5 Å². The lowest BCUT2D eigenvalue weighted by Crippen LogP contribution is -2.29. The first-order valence-corrected chi connectivity index (χ1v) is 12.7. The van der Waals surface area contributed by atoms with Crippen LogP contribution in [-0.2, 0) is 17.1 Å². The Morgan fingerprint density at radius 2 is 1.74 bits per heavy atom. The second-order valence-electron chi connectivity index (χ2n) is 7.56. The van der Waals surface area contributed by atoms with Gasteiger partial charge in [-0.1, -0.05) is 70.8 Å². The van der Waals surface area contributed by atoms with Crippen molar-refractivity contribution in [1.82, 2.24) is 20.1 Å². The molecule has 0 spiro atoms. The molecular formula is C25H21Cl3N4O2S. The molecule has 0 saturated heterocycles. The van der Waals surface area contributed by atoms with Crippen molar-refractivity contribution in [2.45, 2.75) is 24.4 Å². The molecule has 4 aromatic rings. The fraction of sp³-hybridized carbons (Fsp3) is 0.160. The van der Waals surface area contributed by atoms with E-state index in [2.05, 4.69) is 34.6 Å². The molecule has 0 atom stereocenters. The maximum Gasteiger partial charge on any atom is 0.258 e. The molecule has 0 fully saturated rings. The average molecular weight is 548 g/mol. The van der Waals surface area contributed by atoms with E-state index in [-0.39, 0.29) is 19.1 Å². The second-order valence-corrected chi connectivity index (χ2v) is 9.79. The van der Waals surface area contributed by atoms with E-state index in [9.17, 15) is 4.79 Å². The van der Waals surface area contributed by atoms with Crippen molar-refractivity contribution in [2.75, 3.05) is 6.61 Å². The summed E-state index contributed by atoms with van der Waals surface area (Å²) in [4.78, 5) is 12.4. The summed E-state index contributed by atoms with van der Waals surface area (Å²) in [5.41, 5.74) is 3.07. The van der Waals surface area contributed by atoms with Gasteiger partial charge in [-0.15, -0.1) is 10.2 Å². The van der Waals surface area contributed by atoms with E-state index >= 15 is 0 Å². The number of nitrogens with one attached hydrogen (secondary N) is 1. The summed E-state index contributed by atoms with van der Waals surface area (Å²) < 4.78 is 7.34. The van der Waals surface area contributed by atoms with E-state index in [4.69, 9.17) is 39.5 Å². The van der Waals surface area contributed by atoms with Gasteiger partial charge >= 0.3 is 0 Å². The van der Waals surface area contributed by atoms with Crippen molar-refractivity contribution in [3.63, 3.8) is 0 Å². The third-order valence-corrected chi connectivity index (χ3v) is 6.86. The standard InChI is InChI=1S/C25H21Cl3N4O2S/c1-16-4-2-3-5-17(16)15-35-25-31-30-23(32(25)22-11-8-19(27)12-21(22)28)13-29-24(33)14-34-20-9-6-18(26)7-10-20/h2-12H,13-15H2,1H3,(H,29,33). The van der Waals surface area contributed by atoms with E-state index in [1.807, 2.05) is 16.7 Å². The zero-order chi connectivity index (χ0) is 24.8. The molecule has 4 rings (SSSR count). The number of carbonyl (C=O) groups is 1. The molecule has 1 amide bonds. The van der Waals surface area contributed by atoms with Crippen LogP contribution in [0.2, 0.25) is 15.1 Å². The van der Waals surface area contributed by atoms with Gasteiger partial charge in [0.1, 0.15) is 5.75 Å². The largest absolute Gasteiger partial charge is 0.484 e. The molecule has 0 aliphatic heterocycles. The second kappa shape index (κ2) is 11.8. The Labute approximate surface area is 222 Å². The minimum absolute atomic E-state index is 0.139. The number of thioether (sulfide) groups is 1. The van der Waals surface area contributed by atoms with Gasteiger partial charge in [-0.2, -0.15) is 0 Å². The molecule has 3 aromatic carbocycles. The molecule has 10 heteroatoms. The molecule has 0 saturated carbocycles. The predicted molar refractivity (Wildman–Crippen MR) is 141 cm³/mol. The van der Waals surface area contributed by atoms with Crippen LogP contribution < -0.4 is 10.1 Å². The molecule has 35 heavy (non-hydrogen) atoms. The summed E-state index contributed by atoms with van der Waals surface area (Å²) in [7, 11) is 0. The highest BCUT2D eigenvalue weighted by atomic mass is 35.5. The van der Waals surface area contributed by atoms with Crippen molar-refractivity contribution in [3.8, 4) is 11.4 Å².